The first kappa shape index (κ1) is 18.8. The van der Waals surface area contributed by atoms with Crippen LogP contribution in [0, 0.1) is 6.92 Å². The molecule has 1 aromatic heterocycles. The quantitative estimate of drug-likeness (QED) is 0.503. The van der Waals surface area contributed by atoms with E-state index in [0.717, 1.165) is 22.5 Å². The fourth-order valence-corrected chi connectivity index (χ4v) is 3.21. The maximum atomic E-state index is 12.2. The van der Waals surface area contributed by atoms with Crippen molar-refractivity contribution in [3.63, 3.8) is 0 Å². The average Bonchev–Trinajstić information content (AvgIpc) is 3.01. The molecule has 0 bridgehead atoms. The zero-order chi connectivity index (χ0) is 19.4. The summed E-state index contributed by atoms with van der Waals surface area (Å²) >= 11 is 1.25. The molecule has 3 aromatic rings. The summed E-state index contributed by atoms with van der Waals surface area (Å²) in [5.74, 6) is 6.77. The van der Waals surface area contributed by atoms with Crippen molar-refractivity contribution in [2.75, 3.05) is 35.9 Å². The highest BCUT2D eigenvalue weighted by Crippen LogP contribution is 2.24. The van der Waals surface area contributed by atoms with Gasteiger partial charge in [-0.25, -0.2) is 4.68 Å². The number of thioether (sulfide) groups is 1. The van der Waals surface area contributed by atoms with Gasteiger partial charge in [0.1, 0.15) is 0 Å². The fraction of sp³-hybridized carbons (Fsp3) is 0.211. The smallest absolute Gasteiger partial charge is 0.234 e. The van der Waals surface area contributed by atoms with Crippen LogP contribution in [0.15, 0.2) is 53.7 Å². The van der Waals surface area contributed by atoms with Gasteiger partial charge in [-0.15, -0.1) is 10.2 Å². The summed E-state index contributed by atoms with van der Waals surface area (Å²) in [4.78, 5) is 14.2. The minimum absolute atomic E-state index is 0.127. The van der Waals surface area contributed by atoms with E-state index < -0.39 is 0 Å². The lowest BCUT2D eigenvalue weighted by Crippen LogP contribution is -2.16. The van der Waals surface area contributed by atoms with Crippen molar-refractivity contribution in [1.29, 1.82) is 0 Å². The summed E-state index contributed by atoms with van der Waals surface area (Å²) < 4.78 is 1.42. The van der Waals surface area contributed by atoms with Crippen LogP contribution in [0.4, 0.5) is 11.4 Å². The molecule has 3 rings (SSSR count). The number of hydrogen-bond acceptors (Lipinski definition) is 6. The SMILES string of the molecule is Cc1ccccc1-c1nnc(SCC(=O)Nc2ccc(N(C)C)cc2)n1N. The minimum atomic E-state index is -0.127. The van der Waals surface area contributed by atoms with E-state index in [1.54, 1.807) is 0 Å². The minimum Gasteiger partial charge on any atom is -0.378 e. The largest absolute Gasteiger partial charge is 0.378 e. The second kappa shape index (κ2) is 8.13. The van der Waals surface area contributed by atoms with Gasteiger partial charge in [-0.3, -0.25) is 4.79 Å². The number of hydrogen-bond donors (Lipinski definition) is 2. The molecule has 0 saturated carbocycles. The Bertz CT molecular complexity index is 936. The molecule has 0 fully saturated rings. The topological polar surface area (TPSA) is 89.1 Å². The zero-order valence-corrected chi connectivity index (χ0v) is 16.3. The molecule has 8 heteroatoms. The van der Waals surface area contributed by atoms with Crippen molar-refractivity contribution in [1.82, 2.24) is 14.9 Å². The Hall–Kier alpha value is -3.00. The molecule has 0 atom stereocenters. The molecular weight excluding hydrogens is 360 g/mol. The summed E-state index contributed by atoms with van der Waals surface area (Å²) in [6.07, 6.45) is 0. The highest BCUT2D eigenvalue weighted by atomic mass is 32.2. The molecule has 1 heterocycles. The Morgan fingerprint density at radius 3 is 2.52 bits per heavy atom. The van der Waals surface area contributed by atoms with Crippen molar-refractivity contribution < 1.29 is 4.79 Å². The summed E-state index contributed by atoms with van der Waals surface area (Å²) in [5, 5.41) is 11.6. The predicted molar refractivity (Wildman–Crippen MR) is 110 cm³/mol. The first-order chi connectivity index (χ1) is 13.0. The number of aromatic nitrogens is 3. The molecule has 0 spiro atoms. The van der Waals surface area contributed by atoms with E-state index in [1.807, 2.05) is 74.4 Å². The number of nitrogens with zero attached hydrogens (tertiary/aromatic N) is 4. The van der Waals surface area contributed by atoms with Gasteiger partial charge in [-0.05, 0) is 36.8 Å². The molecule has 27 heavy (non-hydrogen) atoms. The molecule has 3 N–H and O–H groups in total. The molecule has 0 radical (unpaired) electrons. The molecule has 0 saturated heterocycles. The van der Waals surface area contributed by atoms with Crippen molar-refractivity contribution in [2.45, 2.75) is 12.1 Å². The maximum Gasteiger partial charge on any atom is 0.234 e. The van der Waals surface area contributed by atoms with E-state index in [-0.39, 0.29) is 11.7 Å². The number of nitrogens with two attached hydrogens (primary N) is 1. The molecule has 140 valence electrons. The van der Waals surface area contributed by atoms with Crippen LogP contribution in [0.1, 0.15) is 5.56 Å². The number of carbonyl (C=O) groups excluding carboxylic acids is 1. The van der Waals surface area contributed by atoms with Gasteiger partial charge in [0.25, 0.3) is 0 Å². The lowest BCUT2D eigenvalue weighted by molar-refractivity contribution is -0.113. The molecule has 7 nitrogen and oxygen atoms in total. The van der Waals surface area contributed by atoms with E-state index in [4.69, 9.17) is 5.84 Å². The van der Waals surface area contributed by atoms with Crippen LogP contribution in [-0.2, 0) is 4.79 Å². The van der Waals surface area contributed by atoms with Crippen molar-refractivity contribution >= 4 is 29.0 Å². The van der Waals surface area contributed by atoms with Crippen LogP contribution >= 0.6 is 11.8 Å². The third-order valence-electron chi connectivity index (χ3n) is 4.05. The standard InChI is InChI=1S/C19H22N6OS/c1-13-6-4-5-7-16(13)18-22-23-19(25(18)20)27-12-17(26)21-14-8-10-15(11-9-14)24(2)3/h4-11H,12,20H2,1-3H3,(H,21,26). The Kier molecular flexibility index (Phi) is 5.66. The van der Waals surface area contributed by atoms with Gasteiger partial charge < -0.3 is 16.1 Å². The molecule has 0 aliphatic rings. The number of benzene rings is 2. The van der Waals surface area contributed by atoms with Crippen LogP contribution in [0.3, 0.4) is 0 Å². The second-order valence-corrected chi connectivity index (χ2v) is 7.21. The first-order valence-corrected chi connectivity index (χ1v) is 9.41. The van der Waals surface area contributed by atoms with Crippen LogP contribution in [0.25, 0.3) is 11.4 Å². The average molecular weight is 382 g/mol. The number of nitrogens with one attached hydrogen (secondary N) is 1. The highest BCUT2D eigenvalue weighted by molar-refractivity contribution is 7.99. The maximum absolute atomic E-state index is 12.2. The molecule has 0 aliphatic heterocycles. The van der Waals surface area contributed by atoms with Gasteiger partial charge in [0.05, 0.1) is 5.75 Å². The molecule has 2 aromatic carbocycles. The Balaban J connectivity index is 1.62. The Morgan fingerprint density at radius 1 is 1.15 bits per heavy atom. The highest BCUT2D eigenvalue weighted by Gasteiger charge is 2.15. The number of nitrogen functional groups attached to an aromatic ring is 1. The van der Waals surface area contributed by atoms with Gasteiger partial charge in [0, 0.05) is 31.0 Å². The number of carbonyl (C=O) groups is 1. The van der Waals surface area contributed by atoms with E-state index in [0.29, 0.717) is 11.0 Å². The lowest BCUT2D eigenvalue weighted by Gasteiger charge is -2.13. The van der Waals surface area contributed by atoms with E-state index >= 15 is 0 Å². The van der Waals surface area contributed by atoms with Gasteiger partial charge in [-0.2, -0.15) is 0 Å². The molecular formula is C19H22N6OS. The van der Waals surface area contributed by atoms with Crippen molar-refractivity contribution in [3.05, 3.63) is 54.1 Å². The number of amides is 1. The van der Waals surface area contributed by atoms with E-state index in [2.05, 4.69) is 15.5 Å². The van der Waals surface area contributed by atoms with Crippen LogP contribution < -0.4 is 16.1 Å². The second-order valence-electron chi connectivity index (χ2n) is 6.27. The fourth-order valence-electron chi connectivity index (χ4n) is 2.55. The summed E-state index contributed by atoms with van der Waals surface area (Å²) in [7, 11) is 3.94. The van der Waals surface area contributed by atoms with E-state index in [1.165, 1.54) is 16.4 Å². The van der Waals surface area contributed by atoms with E-state index in [9.17, 15) is 4.79 Å². The normalized spacial score (nSPS) is 10.6. The predicted octanol–water partition coefficient (Wildman–Crippen LogP) is 2.76. The third-order valence-corrected chi connectivity index (χ3v) is 4.99. The van der Waals surface area contributed by atoms with Crippen molar-refractivity contribution in [2.24, 2.45) is 0 Å². The molecule has 0 aliphatic carbocycles. The Labute approximate surface area is 162 Å². The van der Waals surface area contributed by atoms with Crippen molar-refractivity contribution in [3.8, 4) is 11.4 Å². The summed E-state index contributed by atoms with van der Waals surface area (Å²) in [6.45, 7) is 1.99. The van der Waals surface area contributed by atoms with Crippen LogP contribution in [0.5, 0.6) is 0 Å². The molecule has 0 unspecified atom stereocenters. The number of anilines is 2. The molecule has 1 amide bonds. The first-order valence-electron chi connectivity index (χ1n) is 8.42. The van der Waals surface area contributed by atoms with Crippen LogP contribution in [-0.4, -0.2) is 40.6 Å². The van der Waals surface area contributed by atoms with Gasteiger partial charge in [-0.1, -0.05) is 36.0 Å². The van der Waals surface area contributed by atoms with Gasteiger partial charge in [0.15, 0.2) is 5.82 Å². The monoisotopic (exact) mass is 382 g/mol. The zero-order valence-electron chi connectivity index (χ0n) is 15.5. The lowest BCUT2D eigenvalue weighted by atomic mass is 10.1. The third kappa shape index (κ3) is 4.40. The van der Waals surface area contributed by atoms with Gasteiger partial charge >= 0.3 is 0 Å². The van der Waals surface area contributed by atoms with Gasteiger partial charge in [0.2, 0.25) is 11.1 Å². The number of rotatable bonds is 6. The summed E-state index contributed by atoms with van der Waals surface area (Å²) in [6, 6.07) is 15.5. The Morgan fingerprint density at radius 2 is 1.85 bits per heavy atom. The summed E-state index contributed by atoms with van der Waals surface area (Å²) in [5.41, 5.74) is 3.81. The van der Waals surface area contributed by atoms with Crippen LogP contribution in [0.2, 0.25) is 0 Å². The number of aryl methyl sites for hydroxylation is 1.